The van der Waals surface area contributed by atoms with Gasteiger partial charge in [0.05, 0.1) is 18.5 Å². The number of anilines is 3. The van der Waals surface area contributed by atoms with E-state index in [1.807, 2.05) is 6.20 Å². The lowest BCUT2D eigenvalue weighted by atomic mass is 10.00. The molecule has 42 heavy (non-hydrogen) atoms. The summed E-state index contributed by atoms with van der Waals surface area (Å²) in [5, 5.41) is 3.60. The number of likely N-dealkylation sites (N-methyl/N-ethyl adjacent to an activating group) is 1. The number of hydrogen-bond acceptors (Lipinski definition) is 10. The summed E-state index contributed by atoms with van der Waals surface area (Å²) in [6, 6.07) is 7.12. The molecule has 0 amide bonds. The quantitative estimate of drug-likeness (QED) is 0.412. The number of nitrogens with zero attached hydrogens (tertiary/aromatic N) is 6. The summed E-state index contributed by atoms with van der Waals surface area (Å²) in [7, 11) is 3.98. The van der Waals surface area contributed by atoms with E-state index in [2.05, 4.69) is 57.2 Å². The van der Waals surface area contributed by atoms with Crippen LogP contribution >= 0.6 is 0 Å². The molecule has 0 spiro atoms. The summed E-state index contributed by atoms with van der Waals surface area (Å²) >= 11 is 0. The van der Waals surface area contributed by atoms with Crippen molar-refractivity contribution in [3.05, 3.63) is 30.1 Å². The lowest BCUT2D eigenvalue weighted by Gasteiger charge is -2.42. The van der Waals surface area contributed by atoms with Crippen LogP contribution in [0.5, 0.6) is 5.75 Å². The number of aromatic nitrogens is 3. The Balaban J connectivity index is 1.24. The highest BCUT2D eigenvalue weighted by molar-refractivity contribution is 5.97. The topological polar surface area (TPSA) is 105 Å². The van der Waals surface area contributed by atoms with Crippen molar-refractivity contribution < 1.29 is 9.47 Å². The lowest BCUT2D eigenvalue weighted by molar-refractivity contribution is 0.0699. The highest BCUT2D eigenvalue weighted by Crippen LogP contribution is 2.38. The Kier molecular flexibility index (Phi) is 8.92. The van der Waals surface area contributed by atoms with E-state index in [0.717, 1.165) is 91.7 Å². The Bertz CT molecular complexity index is 1360. The van der Waals surface area contributed by atoms with Gasteiger partial charge in [-0.25, -0.2) is 15.0 Å². The van der Waals surface area contributed by atoms with Crippen molar-refractivity contribution in [3.8, 4) is 16.9 Å². The van der Waals surface area contributed by atoms with E-state index in [9.17, 15) is 0 Å². The van der Waals surface area contributed by atoms with Crippen LogP contribution in [-0.4, -0.2) is 104 Å². The first-order chi connectivity index (χ1) is 20.5. The summed E-state index contributed by atoms with van der Waals surface area (Å²) in [6.07, 6.45) is 7.07. The summed E-state index contributed by atoms with van der Waals surface area (Å²) in [5.41, 5.74) is 11.7. The van der Waals surface area contributed by atoms with E-state index in [4.69, 9.17) is 25.2 Å². The smallest absolute Gasteiger partial charge is 0.151 e. The molecule has 3 aromatic rings. The second-order valence-corrected chi connectivity index (χ2v) is 12.0. The van der Waals surface area contributed by atoms with Crippen LogP contribution in [0.25, 0.3) is 22.2 Å². The number of aryl methyl sites for hydroxylation is 1. The largest absolute Gasteiger partial charge is 0.495 e. The highest BCUT2D eigenvalue weighted by atomic mass is 16.5. The fourth-order valence-electron chi connectivity index (χ4n) is 6.65. The molecule has 3 N–H and O–H groups in total. The zero-order valence-electron chi connectivity index (χ0n) is 25.4. The van der Waals surface area contributed by atoms with Crippen molar-refractivity contribution in [2.45, 2.75) is 45.1 Å². The maximum Gasteiger partial charge on any atom is 0.151 e. The number of piperidine rings is 1. The molecule has 10 heteroatoms. The van der Waals surface area contributed by atoms with E-state index >= 15 is 0 Å². The van der Waals surface area contributed by atoms with Gasteiger partial charge in [-0.1, -0.05) is 13.0 Å². The number of methoxy groups -OCH3 is 1. The molecule has 6 rings (SSSR count). The van der Waals surface area contributed by atoms with Crippen LogP contribution in [0.4, 0.5) is 17.3 Å². The summed E-state index contributed by atoms with van der Waals surface area (Å²) < 4.78 is 11.5. The van der Waals surface area contributed by atoms with Crippen LogP contribution in [-0.2, 0) is 11.2 Å². The molecule has 3 saturated heterocycles. The lowest BCUT2D eigenvalue weighted by Crippen LogP contribution is -2.52. The van der Waals surface area contributed by atoms with Crippen LogP contribution in [0.3, 0.4) is 0 Å². The minimum absolute atomic E-state index is 0.402. The van der Waals surface area contributed by atoms with Crippen molar-refractivity contribution in [2.24, 2.45) is 5.92 Å². The number of nitrogen functional groups attached to an aromatic ring is 1. The first kappa shape index (κ1) is 28.9. The summed E-state index contributed by atoms with van der Waals surface area (Å²) in [6.45, 7) is 11.4. The number of ether oxygens (including phenoxy) is 2. The van der Waals surface area contributed by atoms with E-state index in [0.29, 0.717) is 23.3 Å². The Labute approximate surface area is 249 Å². The Morgan fingerprint density at radius 1 is 1.00 bits per heavy atom. The standard InChI is InChI=1S/C32H46N8O2/c1-4-26-32(35-20-22-9-17-42-18-10-22)37-29-25(21-34-31(33)30(29)36-26)23-5-6-27(28(19-23)41-3)40-11-7-24(8-12-40)39-15-13-38(2)14-16-39/h5-6,19,21-22,24H,4,7-18,20H2,1-3H3,(H2,33,34)(H,35,37). The molecular formula is C32H46N8O2. The van der Waals surface area contributed by atoms with E-state index in [-0.39, 0.29) is 0 Å². The van der Waals surface area contributed by atoms with Gasteiger partial charge in [0.15, 0.2) is 5.82 Å². The average Bonchev–Trinajstić information content (AvgIpc) is 3.04. The number of fused-ring (bicyclic) bond motifs is 1. The van der Waals surface area contributed by atoms with Crippen LogP contribution in [0.15, 0.2) is 24.4 Å². The Hall–Kier alpha value is -3.21. The van der Waals surface area contributed by atoms with E-state index in [1.165, 1.54) is 39.0 Å². The molecule has 0 aliphatic carbocycles. The molecule has 0 saturated carbocycles. The molecular weight excluding hydrogens is 528 g/mol. The van der Waals surface area contributed by atoms with E-state index in [1.54, 1.807) is 7.11 Å². The second-order valence-electron chi connectivity index (χ2n) is 12.0. The van der Waals surface area contributed by atoms with Gasteiger partial charge in [0.2, 0.25) is 0 Å². The highest BCUT2D eigenvalue weighted by Gasteiger charge is 2.28. The molecule has 10 nitrogen and oxygen atoms in total. The molecule has 3 fully saturated rings. The molecule has 2 aromatic heterocycles. The predicted octanol–water partition coefficient (Wildman–Crippen LogP) is 3.90. The van der Waals surface area contributed by atoms with Crippen molar-refractivity contribution in [3.63, 3.8) is 0 Å². The van der Waals surface area contributed by atoms with Crippen LogP contribution < -0.4 is 20.7 Å². The third-order valence-corrected chi connectivity index (χ3v) is 9.38. The molecule has 0 unspecified atom stereocenters. The summed E-state index contributed by atoms with van der Waals surface area (Å²) in [5.74, 6) is 2.67. The van der Waals surface area contributed by atoms with Crippen molar-refractivity contribution >= 4 is 28.4 Å². The van der Waals surface area contributed by atoms with Gasteiger partial charge in [0, 0.05) is 76.8 Å². The minimum atomic E-state index is 0.402. The first-order valence-corrected chi connectivity index (χ1v) is 15.7. The van der Waals surface area contributed by atoms with Crippen LogP contribution in [0.1, 0.15) is 38.3 Å². The van der Waals surface area contributed by atoms with Gasteiger partial charge in [-0.2, -0.15) is 0 Å². The van der Waals surface area contributed by atoms with Crippen molar-refractivity contribution in [2.75, 3.05) is 89.1 Å². The summed E-state index contributed by atoms with van der Waals surface area (Å²) in [4.78, 5) is 22.2. The number of nitrogens with two attached hydrogens (primary N) is 1. The monoisotopic (exact) mass is 574 g/mol. The molecule has 3 aliphatic rings. The number of piperazine rings is 1. The predicted molar refractivity (Wildman–Crippen MR) is 169 cm³/mol. The van der Waals surface area contributed by atoms with Gasteiger partial charge in [-0.3, -0.25) is 4.90 Å². The maximum atomic E-state index is 6.33. The average molecular weight is 575 g/mol. The van der Waals surface area contributed by atoms with Crippen molar-refractivity contribution in [1.82, 2.24) is 24.8 Å². The maximum absolute atomic E-state index is 6.33. The number of nitrogens with one attached hydrogen (secondary N) is 1. The number of hydrogen-bond donors (Lipinski definition) is 2. The fourth-order valence-corrected chi connectivity index (χ4v) is 6.65. The van der Waals surface area contributed by atoms with Crippen LogP contribution in [0.2, 0.25) is 0 Å². The Morgan fingerprint density at radius 2 is 1.76 bits per heavy atom. The van der Waals surface area contributed by atoms with Gasteiger partial charge in [-0.05, 0) is 62.8 Å². The number of rotatable bonds is 8. The molecule has 5 heterocycles. The van der Waals surface area contributed by atoms with Crippen LogP contribution in [0, 0.1) is 5.92 Å². The molecule has 226 valence electrons. The third kappa shape index (κ3) is 6.11. The SMILES string of the molecule is CCc1nc2c(N)ncc(-c3ccc(N4CCC(N5CCN(C)CC5)CC4)c(OC)c3)c2nc1NCC1CCOCC1. The molecule has 0 atom stereocenters. The third-order valence-electron chi connectivity index (χ3n) is 9.38. The normalized spacial score (nSPS) is 19.8. The molecule has 0 bridgehead atoms. The van der Waals surface area contributed by atoms with Gasteiger partial charge in [0.25, 0.3) is 0 Å². The minimum Gasteiger partial charge on any atom is -0.495 e. The number of pyridine rings is 1. The second kappa shape index (κ2) is 13.0. The molecule has 0 radical (unpaired) electrons. The molecule has 1 aromatic carbocycles. The van der Waals surface area contributed by atoms with Gasteiger partial charge in [-0.15, -0.1) is 0 Å². The van der Waals surface area contributed by atoms with Gasteiger partial charge < -0.3 is 30.3 Å². The van der Waals surface area contributed by atoms with Crippen molar-refractivity contribution in [1.29, 1.82) is 0 Å². The van der Waals surface area contributed by atoms with Gasteiger partial charge >= 0.3 is 0 Å². The van der Waals surface area contributed by atoms with Gasteiger partial charge in [0.1, 0.15) is 22.6 Å². The fraction of sp³-hybridized carbons (Fsp3) is 0.594. The molecule has 3 aliphatic heterocycles. The zero-order chi connectivity index (χ0) is 29.1. The number of benzene rings is 1. The first-order valence-electron chi connectivity index (χ1n) is 15.7. The zero-order valence-corrected chi connectivity index (χ0v) is 25.4. The Morgan fingerprint density at radius 3 is 2.48 bits per heavy atom. The van der Waals surface area contributed by atoms with E-state index < -0.39 is 0 Å².